The fourth-order valence-electron chi connectivity index (χ4n) is 3.32. The lowest BCUT2D eigenvalue weighted by atomic mass is 9.74. The van der Waals surface area contributed by atoms with Gasteiger partial charge in [-0.05, 0) is 31.0 Å². The number of nitriles is 1. The minimum absolute atomic E-state index is 0.0265. The topological polar surface area (TPSA) is 120 Å². The molecule has 0 radical (unpaired) electrons. The third-order valence-electron chi connectivity index (χ3n) is 4.67. The highest BCUT2D eigenvalue weighted by molar-refractivity contribution is 6.31. The summed E-state index contributed by atoms with van der Waals surface area (Å²) in [7, 11) is 0. The number of hydrogen-bond acceptors (Lipinski definition) is 7. The second-order valence-electron chi connectivity index (χ2n) is 6.48. The van der Waals surface area contributed by atoms with Gasteiger partial charge < -0.3 is 9.47 Å². The van der Waals surface area contributed by atoms with Crippen LogP contribution in [-0.2, 0) is 19.1 Å². The van der Waals surface area contributed by atoms with Gasteiger partial charge in [0.25, 0.3) is 5.69 Å². The van der Waals surface area contributed by atoms with E-state index in [4.69, 9.17) is 21.1 Å². The number of hydrogen-bond donors (Lipinski definition) is 0. The van der Waals surface area contributed by atoms with E-state index in [0.29, 0.717) is 11.1 Å². The first-order valence-electron chi connectivity index (χ1n) is 9.57. The van der Waals surface area contributed by atoms with Gasteiger partial charge in [-0.2, -0.15) is 5.26 Å². The Morgan fingerprint density at radius 3 is 2.06 bits per heavy atom. The molecule has 0 bridgehead atoms. The van der Waals surface area contributed by atoms with Crippen molar-refractivity contribution >= 4 is 29.2 Å². The zero-order chi connectivity index (χ0) is 23.0. The molecule has 0 unspecified atom stereocenters. The molecule has 162 valence electrons. The molecule has 2 aromatic carbocycles. The first-order valence-corrected chi connectivity index (χ1v) is 9.95. The fourth-order valence-corrected chi connectivity index (χ4v) is 3.58. The summed E-state index contributed by atoms with van der Waals surface area (Å²) in [6.07, 6.45) is 0. The summed E-state index contributed by atoms with van der Waals surface area (Å²) >= 11 is 6.38. The van der Waals surface area contributed by atoms with E-state index >= 15 is 0 Å². The van der Waals surface area contributed by atoms with E-state index in [1.807, 2.05) is 0 Å². The van der Waals surface area contributed by atoms with E-state index in [1.165, 1.54) is 24.3 Å². The molecule has 0 amide bonds. The number of halogens is 1. The Bertz CT molecular complexity index is 968. The summed E-state index contributed by atoms with van der Waals surface area (Å²) in [5.74, 6) is -5.22. The monoisotopic (exact) mass is 444 g/mol. The molecule has 9 heteroatoms. The van der Waals surface area contributed by atoms with Crippen molar-refractivity contribution in [2.75, 3.05) is 13.2 Å². The van der Waals surface area contributed by atoms with Gasteiger partial charge >= 0.3 is 11.9 Å². The molecule has 0 aliphatic carbocycles. The summed E-state index contributed by atoms with van der Waals surface area (Å²) in [6.45, 7) is 3.25. The number of ether oxygens (including phenoxy) is 2. The number of carbonyl (C=O) groups excluding carboxylic acids is 2. The highest BCUT2D eigenvalue weighted by Gasteiger charge is 2.44. The number of benzene rings is 2. The number of nitro groups is 1. The Hall–Kier alpha value is -3.44. The van der Waals surface area contributed by atoms with E-state index in [0.717, 1.165) is 0 Å². The van der Waals surface area contributed by atoms with E-state index in [1.54, 1.807) is 38.1 Å². The predicted molar refractivity (Wildman–Crippen MR) is 112 cm³/mol. The molecule has 2 rings (SSSR count). The average Bonchev–Trinajstić information content (AvgIpc) is 2.74. The molecule has 0 saturated carbocycles. The van der Waals surface area contributed by atoms with Crippen molar-refractivity contribution in [3.8, 4) is 6.07 Å². The molecular formula is C22H21ClN2O6. The van der Waals surface area contributed by atoms with Gasteiger partial charge in [0.2, 0.25) is 0 Å². The molecule has 0 fully saturated rings. The first-order chi connectivity index (χ1) is 14.8. The first kappa shape index (κ1) is 23.8. The minimum Gasteiger partial charge on any atom is -0.465 e. The number of carbonyl (C=O) groups is 2. The second kappa shape index (κ2) is 11.1. The maximum absolute atomic E-state index is 12.8. The van der Waals surface area contributed by atoms with Crippen LogP contribution in [0.3, 0.4) is 0 Å². The number of esters is 2. The molecule has 0 spiro atoms. The predicted octanol–water partition coefficient (Wildman–Crippen LogP) is 4.38. The normalized spacial score (nSPS) is 12.5. The van der Waals surface area contributed by atoms with Gasteiger partial charge in [-0.1, -0.05) is 41.9 Å². The summed E-state index contributed by atoms with van der Waals surface area (Å²) in [6, 6.07) is 14.0. The van der Waals surface area contributed by atoms with Gasteiger partial charge in [-0.3, -0.25) is 19.7 Å². The van der Waals surface area contributed by atoms with Crippen LogP contribution in [-0.4, -0.2) is 30.1 Å². The molecule has 0 heterocycles. The third kappa shape index (κ3) is 5.58. The maximum Gasteiger partial charge on any atom is 0.321 e. The lowest BCUT2D eigenvalue weighted by molar-refractivity contribution is -0.384. The van der Waals surface area contributed by atoms with Crippen molar-refractivity contribution < 1.29 is 24.0 Å². The van der Waals surface area contributed by atoms with Crippen molar-refractivity contribution in [2.45, 2.75) is 25.7 Å². The van der Waals surface area contributed by atoms with Crippen LogP contribution in [0.4, 0.5) is 5.69 Å². The Morgan fingerprint density at radius 1 is 1.06 bits per heavy atom. The number of nitrogens with zero attached hydrogens (tertiary/aromatic N) is 2. The highest BCUT2D eigenvalue weighted by atomic mass is 35.5. The molecule has 0 aliphatic heterocycles. The van der Waals surface area contributed by atoms with Crippen molar-refractivity contribution in [1.82, 2.24) is 0 Å². The maximum atomic E-state index is 12.8. The van der Waals surface area contributed by atoms with E-state index < -0.39 is 34.6 Å². The average molecular weight is 445 g/mol. The highest BCUT2D eigenvalue weighted by Crippen LogP contribution is 2.42. The quantitative estimate of drug-likeness (QED) is 0.243. The van der Waals surface area contributed by atoms with Gasteiger partial charge in [-0.15, -0.1) is 0 Å². The molecule has 0 aromatic heterocycles. The smallest absolute Gasteiger partial charge is 0.321 e. The minimum atomic E-state index is -1.46. The fraction of sp³-hybridized carbons (Fsp3) is 0.318. The summed E-state index contributed by atoms with van der Waals surface area (Å²) in [5, 5.41) is 21.3. The molecule has 0 N–H and O–H groups in total. The van der Waals surface area contributed by atoms with Gasteiger partial charge in [0.05, 0.1) is 30.1 Å². The largest absolute Gasteiger partial charge is 0.465 e. The Kier molecular flexibility index (Phi) is 8.53. The summed E-state index contributed by atoms with van der Waals surface area (Å²) < 4.78 is 10.2. The van der Waals surface area contributed by atoms with Gasteiger partial charge in [0.1, 0.15) is 0 Å². The van der Waals surface area contributed by atoms with Crippen LogP contribution in [0.2, 0.25) is 5.02 Å². The number of non-ortho nitro benzene ring substituents is 1. The summed E-state index contributed by atoms with van der Waals surface area (Å²) in [5.41, 5.74) is 0.624. The van der Waals surface area contributed by atoms with Crippen LogP contribution in [0.1, 0.15) is 36.8 Å². The Morgan fingerprint density at radius 2 is 1.61 bits per heavy atom. The van der Waals surface area contributed by atoms with Gasteiger partial charge in [0, 0.05) is 23.1 Å². The van der Waals surface area contributed by atoms with Crippen LogP contribution in [0.5, 0.6) is 0 Å². The standard InChI is InChI=1S/C22H21ClN2O6/c1-3-30-21(26)20(22(27)31-4-2)19(16-7-5-6-8-18(16)23)17(13-24)14-9-11-15(12-10-14)25(28)29/h5-12,17,19-20H,3-4H2,1-2H3/t17-,19+/m0/s1. The zero-order valence-electron chi connectivity index (χ0n) is 17.0. The second-order valence-corrected chi connectivity index (χ2v) is 6.89. The van der Waals surface area contributed by atoms with Crippen molar-refractivity contribution in [2.24, 2.45) is 5.92 Å². The van der Waals surface area contributed by atoms with Crippen LogP contribution in [0.25, 0.3) is 0 Å². The number of nitro benzene ring substituents is 1. The van der Waals surface area contributed by atoms with Crippen molar-refractivity contribution in [1.29, 1.82) is 5.26 Å². The molecule has 0 aliphatic rings. The summed E-state index contributed by atoms with van der Waals surface area (Å²) in [4.78, 5) is 36.1. The zero-order valence-corrected chi connectivity index (χ0v) is 17.7. The SMILES string of the molecule is CCOC(=O)C(C(=O)OCC)[C@H](c1ccccc1Cl)[C@@H](C#N)c1ccc([N+](=O)[O-])cc1. The molecule has 0 saturated heterocycles. The van der Waals surface area contributed by atoms with Crippen LogP contribution in [0.15, 0.2) is 48.5 Å². The van der Waals surface area contributed by atoms with Gasteiger partial charge in [0.15, 0.2) is 5.92 Å². The van der Waals surface area contributed by atoms with E-state index in [-0.39, 0.29) is 23.9 Å². The molecular weight excluding hydrogens is 424 g/mol. The lowest BCUT2D eigenvalue weighted by Gasteiger charge is -2.29. The van der Waals surface area contributed by atoms with E-state index in [9.17, 15) is 25.0 Å². The molecule has 8 nitrogen and oxygen atoms in total. The van der Waals surface area contributed by atoms with Crippen LogP contribution in [0, 0.1) is 27.4 Å². The lowest BCUT2D eigenvalue weighted by Crippen LogP contribution is -2.36. The molecule has 31 heavy (non-hydrogen) atoms. The van der Waals surface area contributed by atoms with Crippen molar-refractivity contribution in [3.05, 3.63) is 74.8 Å². The Labute approximate surface area is 184 Å². The Balaban J connectivity index is 2.68. The van der Waals surface area contributed by atoms with Gasteiger partial charge in [-0.25, -0.2) is 0 Å². The molecule has 2 atom stereocenters. The number of rotatable bonds is 9. The molecule has 2 aromatic rings. The third-order valence-corrected chi connectivity index (χ3v) is 5.01. The van der Waals surface area contributed by atoms with Crippen LogP contribution >= 0.6 is 11.6 Å². The van der Waals surface area contributed by atoms with Crippen LogP contribution < -0.4 is 0 Å². The van der Waals surface area contributed by atoms with E-state index in [2.05, 4.69) is 6.07 Å². The van der Waals surface area contributed by atoms with Crippen molar-refractivity contribution in [3.63, 3.8) is 0 Å².